The minimum absolute atomic E-state index is 0.0418. The smallest absolute Gasteiger partial charge is 0.322 e. The fraction of sp³-hybridized carbons (Fsp3) is 0.350. The number of benzene rings is 2. The third-order valence-corrected chi connectivity index (χ3v) is 4.94. The fourth-order valence-electron chi connectivity index (χ4n) is 3.60. The van der Waals surface area contributed by atoms with Crippen LogP contribution in [0.25, 0.3) is 0 Å². The molecule has 27 heavy (non-hydrogen) atoms. The molecule has 1 saturated heterocycles. The number of anilines is 1. The summed E-state index contributed by atoms with van der Waals surface area (Å²) >= 11 is 0. The van der Waals surface area contributed by atoms with Crippen LogP contribution in [0.5, 0.6) is 23.0 Å². The van der Waals surface area contributed by atoms with Crippen LogP contribution < -0.4 is 24.3 Å². The van der Waals surface area contributed by atoms with Crippen molar-refractivity contribution in [1.82, 2.24) is 4.90 Å². The number of rotatable bonds is 4. The average Bonchev–Trinajstić information content (AvgIpc) is 3.36. The number of carbonyl (C=O) groups excluding carboxylic acids is 1. The van der Waals surface area contributed by atoms with Crippen molar-refractivity contribution in [3.8, 4) is 23.0 Å². The maximum atomic E-state index is 12.9. The molecule has 2 aliphatic heterocycles. The molecule has 0 bridgehead atoms. The van der Waals surface area contributed by atoms with E-state index in [1.807, 2.05) is 29.2 Å². The quantitative estimate of drug-likeness (QED) is 0.886. The summed E-state index contributed by atoms with van der Waals surface area (Å²) in [5.41, 5.74) is 1.66. The number of methoxy groups -OCH3 is 2. The van der Waals surface area contributed by atoms with Gasteiger partial charge in [0, 0.05) is 29.9 Å². The minimum Gasteiger partial charge on any atom is -0.497 e. The van der Waals surface area contributed by atoms with Gasteiger partial charge in [-0.25, -0.2) is 4.79 Å². The van der Waals surface area contributed by atoms with Crippen LogP contribution in [0.1, 0.15) is 24.4 Å². The monoisotopic (exact) mass is 370 g/mol. The number of hydrogen-bond donors (Lipinski definition) is 1. The van der Waals surface area contributed by atoms with Crippen molar-refractivity contribution in [2.24, 2.45) is 0 Å². The molecular formula is C20H22N2O5. The summed E-state index contributed by atoms with van der Waals surface area (Å²) in [6, 6.07) is 10.9. The van der Waals surface area contributed by atoms with Crippen LogP contribution >= 0.6 is 0 Å². The van der Waals surface area contributed by atoms with Crippen LogP contribution in [0.2, 0.25) is 0 Å². The molecule has 0 saturated carbocycles. The molecule has 7 nitrogen and oxygen atoms in total. The molecule has 2 heterocycles. The van der Waals surface area contributed by atoms with E-state index in [1.165, 1.54) is 0 Å². The van der Waals surface area contributed by atoms with Crippen molar-refractivity contribution in [1.29, 1.82) is 0 Å². The van der Waals surface area contributed by atoms with Crippen molar-refractivity contribution in [3.05, 3.63) is 42.0 Å². The van der Waals surface area contributed by atoms with E-state index in [-0.39, 0.29) is 18.9 Å². The average molecular weight is 370 g/mol. The number of amides is 2. The number of carbonyl (C=O) groups is 1. The van der Waals surface area contributed by atoms with Gasteiger partial charge in [-0.15, -0.1) is 0 Å². The van der Waals surface area contributed by atoms with E-state index in [1.54, 1.807) is 26.4 Å². The Balaban J connectivity index is 1.53. The maximum absolute atomic E-state index is 12.9. The molecule has 0 aromatic heterocycles. The van der Waals surface area contributed by atoms with Gasteiger partial charge in [-0.2, -0.15) is 0 Å². The van der Waals surface area contributed by atoms with Crippen LogP contribution in [0, 0.1) is 0 Å². The van der Waals surface area contributed by atoms with Gasteiger partial charge in [0.15, 0.2) is 11.5 Å². The number of urea groups is 1. The van der Waals surface area contributed by atoms with Gasteiger partial charge in [0.1, 0.15) is 11.5 Å². The number of nitrogens with one attached hydrogen (secondary N) is 1. The Morgan fingerprint density at radius 1 is 1.11 bits per heavy atom. The third kappa shape index (κ3) is 3.32. The maximum Gasteiger partial charge on any atom is 0.322 e. The van der Waals surface area contributed by atoms with E-state index < -0.39 is 0 Å². The number of likely N-dealkylation sites (tertiary alicyclic amines) is 1. The van der Waals surface area contributed by atoms with Gasteiger partial charge in [-0.05, 0) is 37.1 Å². The summed E-state index contributed by atoms with van der Waals surface area (Å²) in [5.74, 6) is 2.78. The molecule has 0 spiro atoms. The second-order valence-electron chi connectivity index (χ2n) is 6.46. The summed E-state index contributed by atoms with van der Waals surface area (Å²) in [6.45, 7) is 0.897. The molecular weight excluding hydrogens is 348 g/mol. The molecule has 142 valence electrons. The highest BCUT2D eigenvalue weighted by molar-refractivity contribution is 5.90. The van der Waals surface area contributed by atoms with Gasteiger partial charge in [0.05, 0.1) is 20.3 Å². The zero-order valence-corrected chi connectivity index (χ0v) is 15.4. The lowest BCUT2D eigenvalue weighted by atomic mass is 10.0. The highest BCUT2D eigenvalue weighted by Crippen LogP contribution is 2.39. The van der Waals surface area contributed by atoms with Crippen molar-refractivity contribution in [2.75, 3.05) is 32.9 Å². The topological polar surface area (TPSA) is 69.3 Å². The molecule has 1 atom stereocenters. The Kier molecular flexibility index (Phi) is 4.66. The van der Waals surface area contributed by atoms with Crippen molar-refractivity contribution in [3.63, 3.8) is 0 Å². The highest BCUT2D eigenvalue weighted by atomic mass is 16.7. The van der Waals surface area contributed by atoms with Crippen molar-refractivity contribution < 1.29 is 23.7 Å². The van der Waals surface area contributed by atoms with E-state index in [0.717, 1.165) is 29.9 Å². The van der Waals surface area contributed by atoms with Crippen molar-refractivity contribution >= 4 is 11.7 Å². The van der Waals surface area contributed by atoms with Gasteiger partial charge in [-0.1, -0.05) is 0 Å². The van der Waals surface area contributed by atoms with E-state index in [0.29, 0.717) is 23.7 Å². The van der Waals surface area contributed by atoms with Gasteiger partial charge < -0.3 is 29.2 Å². The van der Waals surface area contributed by atoms with Crippen LogP contribution in [0.15, 0.2) is 36.4 Å². The summed E-state index contributed by atoms with van der Waals surface area (Å²) in [5, 5.41) is 2.96. The first-order chi connectivity index (χ1) is 13.2. The van der Waals surface area contributed by atoms with Gasteiger partial charge in [0.2, 0.25) is 6.79 Å². The molecule has 0 aliphatic carbocycles. The SMILES string of the molecule is COc1ccc([C@@H]2CCCN2C(=O)Nc2ccc3c(c2)OCO3)c(OC)c1. The first-order valence-corrected chi connectivity index (χ1v) is 8.89. The molecule has 0 unspecified atom stereocenters. The number of fused-ring (bicyclic) bond motifs is 1. The number of hydrogen-bond acceptors (Lipinski definition) is 5. The Hall–Kier alpha value is -3.09. The van der Waals surface area contributed by atoms with Crippen molar-refractivity contribution in [2.45, 2.75) is 18.9 Å². The largest absolute Gasteiger partial charge is 0.497 e. The zero-order chi connectivity index (χ0) is 18.8. The molecule has 2 amide bonds. The lowest BCUT2D eigenvalue weighted by molar-refractivity contribution is 0.174. The minimum atomic E-state index is -0.144. The molecule has 2 aromatic carbocycles. The number of ether oxygens (including phenoxy) is 4. The van der Waals surface area contributed by atoms with Gasteiger partial charge >= 0.3 is 6.03 Å². The summed E-state index contributed by atoms with van der Waals surface area (Å²) in [4.78, 5) is 14.7. The van der Waals surface area contributed by atoms with E-state index in [9.17, 15) is 4.79 Å². The van der Waals surface area contributed by atoms with E-state index >= 15 is 0 Å². The fourth-order valence-corrected chi connectivity index (χ4v) is 3.60. The van der Waals surface area contributed by atoms with Crippen LogP contribution in [0.3, 0.4) is 0 Å². The summed E-state index contributed by atoms with van der Waals surface area (Å²) in [7, 11) is 3.25. The molecule has 4 rings (SSSR count). The Morgan fingerprint density at radius 2 is 1.96 bits per heavy atom. The van der Waals surface area contributed by atoms with Gasteiger partial charge in [0.25, 0.3) is 0 Å². The lowest BCUT2D eigenvalue weighted by Crippen LogP contribution is -2.34. The Labute approximate surface area is 157 Å². The standard InChI is InChI=1S/C20H22N2O5/c1-24-14-6-7-15(18(11-14)25-2)16-4-3-9-22(16)20(23)21-13-5-8-17-19(10-13)27-12-26-17/h5-8,10-11,16H,3-4,9,12H2,1-2H3,(H,21,23)/t16-/m0/s1. The molecule has 7 heteroatoms. The first-order valence-electron chi connectivity index (χ1n) is 8.89. The molecule has 2 aromatic rings. The molecule has 1 N–H and O–H groups in total. The second kappa shape index (κ2) is 7.26. The Bertz CT molecular complexity index is 854. The zero-order valence-electron chi connectivity index (χ0n) is 15.4. The normalized spacial score (nSPS) is 17.7. The van der Waals surface area contributed by atoms with Gasteiger partial charge in [-0.3, -0.25) is 0 Å². The predicted molar refractivity (Wildman–Crippen MR) is 99.8 cm³/mol. The first kappa shape index (κ1) is 17.3. The highest BCUT2D eigenvalue weighted by Gasteiger charge is 2.32. The summed E-state index contributed by atoms with van der Waals surface area (Å²) in [6.07, 6.45) is 1.83. The predicted octanol–water partition coefficient (Wildman–Crippen LogP) is 3.80. The van der Waals surface area contributed by atoms with E-state index in [4.69, 9.17) is 18.9 Å². The van der Waals surface area contributed by atoms with Crippen LogP contribution in [-0.2, 0) is 0 Å². The Morgan fingerprint density at radius 3 is 2.78 bits per heavy atom. The third-order valence-electron chi connectivity index (χ3n) is 4.94. The second-order valence-corrected chi connectivity index (χ2v) is 6.46. The lowest BCUT2D eigenvalue weighted by Gasteiger charge is -2.26. The molecule has 0 radical (unpaired) electrons. The molecule has 1 fully saturated rings. The van der Waals surface area contributed by atoms with Crippen LogP contribution in [-0.4, -0.2) is 38.5 Å². The molecule has 2 aliphatic rings. The van der Waals surface area contributed by atoms with E-state index in [2.05, 4.69) is 5.32 Å². The van der Waals surface area contributed by atoms with Crippen LogP contribution in [0.4, 0.5) is 10.5 Å². The number of nitrogens with zero attached hydrogens (tertiary/aromatic N) is 1. The summed E-state index contributed by atoms with van der Waals surface area (Å²) < 4.78 is 21.5.